The van der Waals surface area contributed by atoms with Gasteiger partial charge >= 0.3 is 11.7 Å². The molecule has 1 unspecified atom stereocenters. The van der Waals surface area contributed by atoms with Crippen LogP contribution in [0.25, 0.3) is 0 Å². The van der Waals surface area contributed by atoms with E-state index in [2.05, 4.69) is 10.2 Å². The maximum Gasteiger partial charge on any atom is 0.342 e. The fourth-order valence-electron chi connectivity index (χ4n) is 1.07. The highest BCUT2D eigenvalue weighted by Crippen LogP contribution is 2.17. The third kappa shape index (κ3) is 4.36. The minimum atomic E-state index is -0.678. The maximum atomic E-state index is 11.5. The highest BCUT2D eigenvalue weighted by molar-refractivity contribution is 8.00. The summed E-state index contributed by atoms with van der Waals surface area (Å²) >= 11 is 0.945. The van der Waals surface area contributed by atoms with Crippen molar-refractivity contribution in [2.75, 3.05) is 6.61 Å². The Bertz CT molecular complexity index is 510. The van der Waals surface area contributed by atoms with Crippen LogP contribution in [0.5, 0.6) is 0 Å². The quantitative estimate of drug-likeness (QED) is 0.438. The maximum absolute atomic E-state index is 11.5. The molecule has 1 heterocycles. The third-order valence-corrected chi connectivity index (χ3v) is 3.09. The summed E-state index contributed by atoms with van der Waals surface area (Å²) in [5.41, 5.74) is -1.29. The summed E-state index contributed by atoms with van der Waals surface area (Å²) in [4.78, 5) is 35.7. The summed E-state index contributed by atoms with van der Waals surface area (Å²) in [7, 11) is 0. The number of aromatic nitrogens is 3. The van der Waals surface area contributed by atoms with E-state index in [9.17, 15) is 14.4 Å². The molecule has 100 valence electrons. The van der Waals surface area contributed by atoms with E-state index in [1.807, 2.05) is 11.9 Å². The molecule has 8 heteroatoms. The minimum Gasteiger partial charge on any atom is -0.465 e. The smallest absolute Gasteiger partial charge is 0.342 e. The number of aromatic amines is 2. The van der Waals surface area contributed by atoms with Gasteiger partial charge in [0, 0.05) is 0 Å². The molecule has 0 saturated carbocycles. The van der Waals surface area contributed by atoms with E-state index in [0.29, 0.717) is 6.61 Å². The molecule has 1 rings (SSSR count). The first-order valence-corrected chi connectivity index (χ1v) is 6.44. The summed E-state index contributed by atoms with van der Waals surface area (Å²) in [6.45, 7) is 3.98. The molecule has 0 aliphatic rings. The molecule has 0 amide bonds. The predicted octanol–water partition coefficient (Wildman–Crippen LogP) is 0.282. The highest BCUT2D eigenvalue weighted by atomic mass is 32.2. The zero-order valence-corrected chi connectivity index (χ0v) is 11.0. The van der Waals surface area contributed by atoms with Crippen LogP contribution in [0.4, 0.5) is 0 Å². The van der Waals surface area contributed by atoms with E-state index in [-0.39, 0.29) is 5.03 Å². The lowest BCUT2D eigenvalue weighted by Gasteiger charge is -2.09. The largest absolute Gasteiger partial charge is 0.465 e. The monoisotopic (exact) mass is 273 g/mol. The number of nitrogens with one attached hydrogen (secondary N) is 2. The number of nitrogens with zero attached hydrogens (tertiary/aromatic N) is 1. The third-order valence-electron chi connectivity index (χ3n) is 2.04. The summed E-state index contributed by atoms with van der Waals surface area (Å²) in [6, 6.07) is 0. The summed E-state index contributed by atoms with van der Waals surface area (Å²) < 4.78 is 5.01. The van der Waals surface area contributed by atoms with Gasteiger partial charge in [0.05, 0.1) is 6.61 Å². The normalized spacial score (nSPS) is 12.1. The Morgan fingerprint density at radius 2 is 2.22 bits per heavy atom. The molecule has 0 aromatic carbocycles. The average molecular weight is 273 g/mol. The molecule has 0 saturated heterocycles. The Morgan fingerprint density at radius 1 is 1.50 bits per heavy atom. The van der Waals surface area contributed by atoms with Gasteiger partial charge in [0.1, 0.15) is 5.25 Å². The van der Waals surface area contributed by atoms with Crippen molar-refractivity contribution >= 4 is 17.7 Å². The van der Waals surface area contributed by atoms with E-state index >= 15 is 0 Å². The van der Waals surface area contributed by atoms with E-state index < -0.39 is 22.5 Å². The molecule has 7 nitrogen and oxygen atoms in total. The van der Waals surface area contributed by atoms with E-state index in [4.69, 9.17) is 4.74 Å². The van der Waals surface area contributed by atoms with Crippen molar-refractivity contribution in [2.24, 2.45) is 0 Å². The summed E-state index contributed by atoms with van der Waals surface area (Å²) in [5.74, 6) is -0.402. The number of unbranched alkanes of at least 4 members (excludes halogenated alkanes) is 1. The SMILES string of the molecule is CCCCOC(=O)C(C)Sc1n[nH]c(=O)[nH]c1=O. The second-order valence-corrected chi connectivity index (χ2v) is 4.92. The van der Waals surface area contributed by atoms with Crippen LogP contribution in [0.2, 0.25) is 0 Å². The first-order valence-electron chi connectivity index (χ1n) is 5.57. The van der Waals surface area contributed by atoms with Crippen LogP contribution in [0.1, 0.15) is 26.7 Å². The van der Waals surface area contributed by atoms with Crippen LogP contribution < -0.4 is 11.2 Å². The van der Waals surface area contributed by atoms with Crippen molar-refractivity contribution in [3.8, 4) is 0 Å². The van der Waals surface area contributed by atoms with Gasteiger partial charge in [0.15, 0.2) is 5.03 Å². The second-order valence-electron chi connectivity index (χ2n) is 3.59. The number of carbonyl (C=O) groups excluding carboxylic acids is 1. The van der Waals surface area contributed by atoms with Crippen molar-refractivity contribution < 1.29 is 9.53 Å². The Hall–Kier alpha value is -1.57. The van der Waals surface area contributed by atoms with Crippen molar-refractivity contribution in [2.45, 2.75) is 37.0 Å². The predicted molar refractivity (Wildman–Crippen MR) is 66.7 cm³/mol. The van der Waals surface area contributed by atoms with Crippen LogP contribution in [0.3, 0.4) is 0 Å². The number of esters is 1. The number of H-pyrrole nitrogens is 2. The first-order chi connectivity index (χ1) is 8.54. The molecule has 0 bridgehead atoms. The van der Waals surface area contributed by atoms with Gasteiger partial charge in [0.25, 0.3) is 5.56 Å². The Balaban J connectivity index is 2.58. The van der Waals surface area contributed by atoms with Crippen molar-refractivity contribution in [1.82, 2.24) is 15.2 Å². The molecule has 1 aromatic heterocycles. The van der Waals surface area contributed by atoms with E-state index in [1.165, 1.54) is 0 Å². The topological polar surface area (TPSA) is 105 Å². The number of hydrogen-bond donors (Lipinski definition) is 2. The minimum absolute atomic E-state index is 0.0366. The molecular formula is C10H15N3O4S. The van der Waals surface area contributed by atoms with Gasteiger partial charge in [-0.05, 0) is 13.3 Å². The van der Waals surface area contributed by atoms with Crippen LogP contribution in [0, 0.1) is 0 Å². The lowest BCUT2D eigenvalue weighted by molar-refractivity contribution is -0.142. The fraction of sp³-hybridized carbons (Fsp3) is 0.600. The van der Waals surface area contributed by atoms with Crippen LogP contribution in [0.15, 0.2) is 14.6 Å². The van der Waals surface area contributed by atoms with Gasteiger partial charge in [-0.15, -0.1) is 0 Å². The second kappa shape index (κ2) is 7.00. The van der Waals surface area contributed by atoms with Crippen LogP contribution >= 0.6 is 11.8 Å². The summed E-state index contributed by atoms with van der Waals surface area (Å²) in [6.07, 6.45) is 1.75. The molecule has 1 atom stereocenters. The van der Waals surface area contributed by atoms with Crippen LogP contribution in [-0.2, 0) is 9.53 Å². The Labute approximate surface area is 107 Å². The number of thioether (sulfide) groups is 1. The fourth-order valence-corrected chi connectivity index (χ4v) is 1.82. The molecule has 0 aliphatic heterocycles. The van der Waals surface area contributed by atoms with Gasteiger partial charge in [-0.3, -0.25) is 14.6 Å². The van der Waals surface area contributed by atoms with Gasteiger partial charge < -0.3 is 4.74 Å². The zero-order chi connectivity index (χ0) is 13.5. The van der Waals surface area contributed by atoms with E-state index in [0.717, 1.165) is 24.6 Å². The van der Waals surface area contributed by atoms with Crippen molar-refractivity contribution in [3.63, 3.8) is 0 Å². The zero-order valence-electron chi connectivity index (χ0n) is 10.2. The van der Waals surface area contributed by atoms with Crippen LogP contribution in [-0.4, -0.2) is 33.0 Å². The molecule has 0 aliphatic carbocycles. The van der Waals surface area contributed by atoms with Gasteiger partial charge in [-0.1, -0.05) is 25.1 Å². The van der Waals surface area contributed by atoms with Gasteiger partial charge in [-0.25, -0.2) is 9.89 Å². The van der Waals surface area contributed by atoms with Crippen molar-refractivity contribution in [1.29, 1.82) is 0 Å². The molecule has 0 fully saturated rings. The Morgan fingerprint density at radius 3 is 2.83 bits per heavy atom. The van der Waals surface area contributed by atoms with Crippen molar-refractivity contribution in [3.05, 3.63) is 20.8 Å². The number of carbonyl (C=O) groups is 1. The molecule has 0 radical (unpaired) electrons. The van der Waals surface area contributed by atoms with Gasteiger partial charge in [0.2, 0.25) is 0 Å². The molecular weight excluding hydrogens is 258 g/mol. The average Bonchev–Trinajstić information content (AvgIpc) is 2.32. The Kier molecular flexibility index (Phi) is 5.63. The van der Waals surface area contributed by atoms with Gasteiger partial charge in [-0.2, -0.15) is 5.10 Å². The highest BCUT2D eigenvalue weighted by Gasteiger charge is 2.18. The number of ether oxygens (including phenoxy) is 1. The molecule has 1 aromatic rings. The lowest BCUT2D eigenvalue weighted by Crippen LogP contribution is -2.27. The van der Waals surface area contributed by atoms with E-state index in [1.54, 1.807) is 6.92 Å². The standard InChI is InChI=1S/C10H15N3O4S/c1-3-4-5-17-9(15)6(2)18-8-7(14)11-10(16)13-12-8/h6H,3-5H2,1-2H3,(H2,11,13,14,16). The first kappa shape index (κ1) is 14.5. The number of rotatable bonds is 6. The molecule has 0 spiro atoms. The number of hydrogen-bond acceptors (Lipinski definition) is 6. The molecule has 2 N–H and O–H groups in total. The molecule has 18 heavy (non-hydrogen) atoms. The lowest BCUT2D eigenvalue weighted by atomic mass is 10.4. The summed E-state index contributed by atoms with van der Waals surface area (Å²) in [5, 5.41) is 5.16.